The highest BCUT2D eigenvalue weighted by atomic mass is 16.5. The molecule has 0 aliphatic rings. The molecule has 0 saturated carbocycles. The Morgan fingerprint density at radius 2 is 2.00 bits per heavy atom. The summed E-state index contributed by atoms with van der Waals surface area (Å²) in [5.74, 6) is 0.384. The number of azo groups is 1. The quantitative estimate of drug-likeness (QED) is 0.429. The van der Waals surface area contributed by atoms with Crippen LogP contribution in [0.5, 0.6) is 0 Å². The van der Waals surface area contributed by atoms with Crippen LogP contribution in [0.2, 0.25) is 0 Å². The van der Waals surface area contributed by atoms with Gasteiger partial charge in [0.05, 0.1) is 19.0 Å². The normalized spacial score (nSPS) is 11.5. The highest BCUT2D eigenvalue weighted by Crippen LogP contribution is 2.28. The number of aryl methyl sites for hydroxylation is 2. The predicted molar refractivity (Wildman–Crippen MR) is 91.5 cm³/mol. The molecule has 0 bridgehead atoms. The van der Waals surface area contributed by atoms with Gasteiger partial charge in [-0.3, -0.25) is 5.10 Å². The summed E-state index contributed by atoms with van der Waals surface area (Å²) in [4.78, 5) is 24.6. The van der Waals surface area contributed by atoms with Gasteiger partial charge < -0.3 is 4.74 Å². The smallest absolute Gasteiger partial charge is 0.343 e. The second kappa shape index (κ2) is 6.40. The van der Waals surface area contributed by atoms with Crippen LogP contribution in [0.15, 0.2) is 34.9 Å². The first kappa shape index (κ1) is 16.5. The molecule has 0 amide bonds. The van der Waals surface area contributed by atoms with E-state index in [0.717, 1.165) is 5.69 Å². The van der Waals surface area contributed by atoms with E-state index in [1.54, 1.807) is 25.4 Å². The standard InChI is InChI=1S/C15H14N10O2/c1-8-11(13-19-9(2)23-25(13)22-8)20-21-12-10(14(26)27-3)7-18-24(12)15-16-5-4-6-17-15/h4-7,22H,1-3H3. The lowest BCUT2D eigenvalue weighted by molar-refractivity contribution is 0.0601. The Morgan fingerprint density at radius 3 is 2.74 bits per heavy atom. The van der Waals surface area contributed by atoms with E-state index in [-0.39, 0.29) is 17.3 Å². The van der Waals surface area contributed by atoms with E-state index in [2.05, 4.69) is 40.5 Å². The molecule has 0 saturated heterocycles. The molecule has 0 aliphatic carbocycles. The number of rotatable bonds is 4. The minimum atomic E-state index is -0.597. The third kappa shape index (κ3) is 2.82. The van der Waals surface area contributed by atoms with E-state index in [9.17, 15) is 4.79 Å². The monoisotopic (exact) mass is 366 g/mol. The van der Waals surface area contributed by atoms with E-state index >= 15 is 0 Å². The van der Waals surface area contributed by atoms with Gasteiger partial charge in [0.1, 0.15) is 11.4 Å². The predicted octanol–water partition coefficient (Wildman–Crippen LogP) is 1.85. The van der Waals surface area contributed by atoms with Gasteiger partial charge in [0.2, 0.25) is 5.65 Å². The second-order valence-corrected chi connectivity index (χ2v) is 5.51. The Bertz CT molecular complexity index is 1150. The van der Waals surface area contributed by atoms with Gasteiger partial charge in [-0.25, -0.2) is 19.7 Å². The number of H-pyrrole nitrogens is 1. The van der Waals surface area contributed by atoms with Crippen LogP contribution in [0.1, 0.15) is 21.9 Å². The Kier molecular flexibility index (Phi) is 3.91. The summed E-state index contributed by atoms with van der Waals surface area (Å²) in [5, 5.41) is 19.8. The topological polar surface area (TPSA) is 141 Å². The molecule has 0 spiro atoms. The average Bonchev–Trinajstić information content (AvgIpc) is 3.32. The van der Waals surface area contributed by atoms with E-state index < -0.39 is 5.97 Å². The Hall–Kier alpha value is -3.96. The van der Waals surface area contributed by atoms with E-state index in [0.29, 0.717) is 17.2 Å². The van der Waals surface area contributed by atoms with Crippen LogP contribution in [0.3, 0.4) is 0 Å². The zero-order valence-corrected chi connectivity index (χ0v) is 14.7. The molecular weight excluding hydrogens is 352 g/mol. The van der Waals surface area contributed by atoms with Crippen LogP contribution in [0.4, 0.5) is 11.5 Å². The van der Waals surface area contributed by atoms with Gasteiger partial charge in [-0.05, 0) is 19.9 Å². The lowest BCUT2D eigenvalue weighted by Crippen LogP contribution is -2.03. The fourth-order valence-electron chi connectivity index (χ4n) is 2.48. The summed E-state index contributed by atoms with van der Waals surface area (Å²) in [6.07, 6.45) is 4.44. The lowest BCUT2D eigenvalue weighted by atomic mass is 10.3. The van der Waals surface area contributed by atoms with E-state index in [1.165, 1.54) is 22.6 Å². The van der Waals surface area contributed by atoms with Gasteiger partial charge in [-0.15, -0.1) is 15.3 Å². The van der Waals surface area contributed by atoms with Crippen molar-refractivity contribution < 1.29 is 9.53 Å². The number of hydrogen-bond acceptors (Lipinski definition) is 9. The fraction of sp³-hybridized carbons (Fsp3) is 0.200. The molecule has 4 heterocycles. The first-order chi connectivity index (χ1) is 13.1. The molecule has 27 heavy (non-hydrogen) atoms. The maximum Gasteiger partial charge on any atom is 0.343 e. The molecule has 0 aromatic carbocycles. The summed E-state index contributed by atoms with van der Waals surface area (Å²) < 4.78 is 7.61. The minimum absolute atomic E-state index is 0.135. The van der Waals surface area contributed by atoms with Crippen LogP contribution in [-0.2, 0) is 4.74 Å². The molecular formula is C15H14N10O2. The summed E-state index contributed by atoms with van der Waals surface area (Å²) in [7, 11) is 1.28. The summed E-state index contributed by atoms with van der Waals surface area (Å²) >= 11 is 0. The largest absolute Gasteiger partial charge is 0.465 e. The highest BCUT2D eigenvalue weighted by Gasteiger charge is 2.21. The number of ether oxygens (including phenoxy) is 1. The first-order valence-electron chi connectivity index (χ1n) is 7.86. The van der Waals surface area contributed by atoms with Gasteiger partial charge in [0, 0.05) is 12.4 Å². The fourth-order valence-corrected chi connectivity index (χ4v) is 2.48. The molecule has 12 heteroatoms. The van der Waals surface area contributed by atoms with Crippen molar-refractivity contribution in [3.05, 3.63) is 41.7 Å². The number of aromatic nitrogens is 8. The van der Waals surface area contributed by atoms with Crippen molar-refractivity contribution in [2.24, 2.45) is 10.2 Å². The number of nitrogens with one attached hydrogen (secondary N) is 1. The van der Waals surface area contributed by atoms with Crippen LogP contribution in [0.25, 0.3) is 11.6 Å². The van der Waals surface area contributed by atoms with Crippen molar-refractivity contribution >= 4 is 23.1 Å². The average molecular weight is 366 g/mol. The minimum Gasteiger partial charge on any atom is -0.465 e. The van der Waals surface area contributed by atoms with E-state index in [4.69, 9.17) is 4.74 Å². The summed E-state index contributed by atoms with van der Waals surface area (Å²) in [5.41, 5.74) is 1.87. The maximum atomic E-state index is 12.1. The molecule has 0 fully saturated rings. The van der Waals surface area contributed by atoms with E-state index in [1.807, 2.05) is 6.92 Å². The Labute approximate surface area is 151 Å². The lowest BCUT2D eigenvalue weighted by Gasteiger charge is -2.02. The number of carbonyl (C=O) groups excluding carboxylic acids is 1. The van der Waals surface area contributed by atoms with Gasteiger partial charge in [0.25, 0.3) is 5.95 Å². The number of carbonyl (C=O) groups is 1. The summed E-state index contributed by atoms with van der Waals surface area (Å²) in [6.45, 7) is 3.59. The van der Waals surface area contributed by atoms with Crippen LogP contribution < -0.4 is 0 Å². The molecule has 1 N–H and O–H groups in total. The Morgan fingerprint density at radius 1 is 1.22 bits per heavy atom. The van der Waals surface area contributed by atoms with Gasteiger partial charge in [-0.2, -0.15) is 14.4 Å². The molecule has 0 unspecified atom stereocenters. The maximum absolute atomic E-state index is 12.1. The molecule has 136 valence electrons. The van der Waals surface area contributed by atoms with Crippen molar-refractivity contribution in [3.8, 4) is 5.95 Å². The number of esters is 1. The number of fused-ring (bicyclic) bond motifs is 1. The van der Waals surface area contributed by atoms with Crippen molar-refractivity contribution in [1.29, 1.82) is 0 Å². The number of methoxy groups -OCH3 is 1. The van der Waals surface area contributed by atoms with Crippen molar-refractivity contribution in [1.82, 2.24) is 39.6 Å². The molecule has 0 aliphatic heterocycles. The highest BCUT2D eigenvalue weighted by molar-refractivity contribution is 5.94. The molecule has 0 radical (unpaired) electrons. The van der Waals surface area contributed by atoms with Crippen molar-refractivity contribution in [2.75, 3.05) is 7.11 Å². The van der Waals surface area contributed by atoms with Crippen LogP contribution in [-0.4, -0.2) is 52.6 Å². The van der Waals surface area contributed by atoms with Gasteiger partial charge in [0.15, 0.2) is 11.5 Å². The second-order valence-electron chi connectivity index (χ2n) is 5.51. The Balaban J connectivity index is 1.84. The zero-order chi connectivity index (χ0) is 19.0. The SMILES string of the molecule is COC(=O)c1cnn(-c2ncccn2)c1N=Nc1c(C)[nH]n2nc(C)nc12. The summed E-state index contributed by atoms with van der Waals surface area (Å²) in [6, 6.07) is 1.67. The van der Waals surface area contributed by atoms with Gasteiger partial charge in [-0.1, -0.05) is 0 Å². The molecule has 0 atom stereocenters. The zero-order valence-electron chi connectivity index (χ0n) is 14.7. The van der Waals surface area contributed by atoms with Crippen LogP contribution in [0, 0.1) is 13.8 Å². The number of hydrogen-bond donors (Lipinski definition) is 1. The number of aromatic amines is 1. The van der Waals surface area contributed by atoms with Crippen molar-refractivity contribution in [3.63, 3.8) is 0 Å². The molecule has 4 aromatic heterocycles. The molecule has 4 aromatic rings. The van der Waals surface area contributed by atoms with Crippen LogP contribution >= 0.6 is 0 Å². The third-order valence-corrected chi connectivity index (χ3v) is 3.69. The number of nitrogens with zero attached hydrogens (tertiary/aromatic N) is 9. The third-order valence-electron chi connectivity index (χ3n) is 3.69. The van der Waals surface area contributed by atoms with Gasteiger partial charge >= 0.3 is 5.97 Å². The molecule has 4 rings (SSSR count). The van der Waals surface area contributed by atoms with Crippen molar-refractivity contribution in [2.45, 2.75) is 13.8 Å². The first-order valence-corrected chi connectivity index (χ1v) is 7.86. The molecule has 12 nitrogen and oxygen atoms in total.